The molecule has 0 aromatic heterocycles. The fraction of sp³-hybridized carbons (Fsp3) is 0.417. The van der Waals surface area contributed by atoms with Crippen molar-refractivity contribution in [1.82, 2.24) is 5.32 Å². The van der Waals surface area contributed by atoms with Gasteiger partial charge in [-0.2, -0.15) is 13.2 Å². The van der Waals surface area contributed by atoms with Crippen LogP contribution in [0, 0.1) is 5.92 Å². The molecule has 0 unspecified atom stereocenters. The van der Waals surface area contributed by atoms with Crippen LogP contribution in [0.15, 0.2) is 22.7 Å². The Labute approximate surface area is 111 Å². The van der Waals surface area contributed by atoms with E-state index >= 15 is 0 Å². The Morgan fingerprint density at radius 1 is 1.39 bits per heavy atom. The van der Waals surface area contributed by atoms with Crippen LogP contribution < -0.4 is 5.32 Å². The summed E-state index contributed by atoms with van der Waals surface area (Å²) >= 11 is 3.09. The van der Waals surface area contributed by atoms with Gasteiger partial charge in [0.25, 0.3) is 5.91 Å². The lowest BCUT2D eigenvalue weighted by atomic mass is 10.1. The van der Waals surface area contributed by atoms with Gasteiger partial charge in [0.15, 0.2) is 0 Å². The Balaban J connectivity index is 2.16. The summed E-state index contributed by atoms with van der Waals surface area (Å²) in [6, 6.07) is 3.06. The fourth-order valence-corrected chi connectivity index (χ4v) is 1.96. The number of carbonyl (C=O) groups is 1. The molecule has 0 radical (unpaired) electrons. The lowest BCUT2D eigenvalue weighted by molar-refractivity contribution is -0.137. The lowest BCUT2D eigenvalue weighted by Crippen LogP contribution is -2.26. The van der Waals surface area contributed by atoms with Crippen molar-refractivity contribution in [3.8, 4) is 0 Å². The van der Waals surface area contributed by atoms with Crippen molar-refractivity contribution in [2.75, 3.05) is 6.54 Å². The maximum Gasteiger partial charge on any atom is 0.416 e. The number of carbonyl (C=O) groups excluding carboxylic acids is 1. The summed E-state index contributed by atoms with van der Waals surface area (Å²) in [5.41, 5.74) is -0.798. The average Bonchev–Trinajstić information content (AvgIpc) is 3.08. The molecule has 0 heterocycles. The van der Waals surface area contributed by atoms with Crippen molar-refractivity contribution in [3.63, 3.8) is 0 Å². The Bertz CT molecular complexity index is 469. The molecule has 2 rings (SSSR count). The topological polar surface area (TPSA) is 29.1 Å². The fourth-order valence-electron chi connectivity index (χ4n) is 1.53. The molecule has 1 N–H and O–H groups in total. The molecule has 0 saturated heterocycles. The molecule has 0 aliphatic heterocycles. The Kier molecular flexibility index (Phi) is 3.66. The molecule has 18 heavy (non-hydrogen) atoms. The first kappa shape index (κ1) is 13.4. The van der Waals surface area contributed by atoms with E-state index in [9.17, 15) is 18.0 Å². The molecule has 1 aliphatic carbocycles. The van der Waals surface area contributed by atoms with E-state index in [2.05, 4.69) is 21.2 Å². The van der Waals surface area contributed by atoms with Crippen molar-refractivity contribution < 1.29 is 18.0 Å². The zero-order valence-electron chi connectivity index (χ0n) is 9.35. The highest BCUT2D eigenvalue weighted by Gasteiger charge is 2.31. The molecule has 2 nitrogen and oxygen atoms in total. The van der Waals surface area contributed by atoms with E-state index < -0.39 is 17.6 Å². The quantitative estimate of drug-likeness (QED) is 0.905. The van der Waals surface area contributed by atoms with Crippen molar-refractivity contribution in [2.45, 2.75) is 19.0 Å². The molecule has 1 saturated carbocycles. The minimum absolute atomic E-state index is 0.0190. The van der Waals surface area contributed by atoms with Crippen LogP contribution in [0.25, 0.3) is 0 Å². The highest BCUT2D eigenvalue weighted by atomic mass is 79.9. The van der Waals surface area contributed by atoms with Crippen LogP contribution in [0.5, 0.6) is 0 Å². The Morgan fingerprint density at radius 3 is 2.61 bits per heavy atom. The van der Waals surface area contributed by atoms with E-state index in [0.29, 0.717) is 16.9 Å². The van der Waals surface area contributed by atoms with Gasteiger partial charge >= 0.3 is 6.18 Å². The van der Waals surface area contributed by atoms with Crippen LogP contribution in [0.2, 0.25) is 0 Å². The second kappa shape index (κ2) is 4.91. The van der Waals surface area contributed by atoms with E-state index in [0.717, 1.165) is 25.0 Å². The van der Waals surface area contributed by atoms with Crippen LogP contribution in [-0.4, -0.2) is 12.5 Å². The maximum atomic E-state index is 12.5. The molecule has 0 bridgehead atoms. The van der Waals surface area contributed by atoms with Gasteiger partial charge in [0.2, 0.25) is 0 Å². The van der Waals surface area contributed by atoms with Crippen molar-refractivity contribution >= 4 is 21.8 Å². The molecule has 1 aromatic carbocycles. The van der Waals surface area contributed by atoms with E-state index in [1.165, 1.54) is 6.07 Å². The van der Waals surface area contributed by atoms with E-state index in [1.54, 1.807) is 0 Å². The molecule has 1 amide bonds. The minimum Gasteiger partial charge on any atom is -0.352 e. The molecule has 98 valence electrons. The number of hydrogen-bond acceptors (Lipinski definition) is 1. The molecule has 1 aromatic rings. The summed E-state index contributed by atoms with van der Waals surface area (Å²) in [5, 5.41) is 2.64. The number of hydrogen-bond donors (Lipinski definition) is 1. The highest BCUT2D eigenvalue weighted by molar-refractivity contribution is 9.10. The van der Waals surface area contributed by atoms with Crippen LogP contribution in [0.1, 0.15) is 28.8 Å². The third kappa shape index (κ3) is 3.25. The third-order valence-electron chi connectivity index (χ3n) is 2.79. The van der Waals surface area contributed by atoms with Gasteiger partial charge in [-0.3, -0.25) is 4.79 Å². The molecule has 0 atom stereocenters. The number of nitrogens with one attached hydrogen (secondary N) is 1. The molecule has 1 aliphatic rings. The average molecular weight is 322 g/mol. The second-order valence-electron chi connectivity index (χ2n) is 4.35. The normalized spacial score (nSPS) is 15.6. The molecular weight excluding hydrogens is 311 g/mol. The van der Waals surface area contributed by atoms with Gasteiger partial charge in [0.05, 0.1) is 11.1 Å². The number of alkyl halides is 3. The summed E-state index contributed by atoms with van der Waals surface area (Å²) in [5.74, 6) is 0.0124. The number of rotatable bonds is 3. The van der Waals surface area contributed by atoms with E-state index in [1.807, 2.05) is 0 Å². The molecular formula is C12H11BrF3NO. The van der Waals surface area contributed by atoms with Crippen LogP contribution >= 0.6 is 15.9 Å². The first-order valence-corrected chi connectivity index (χ1v) is 6.32. The van der Waals surface area contributed by atoms with Gasteiger partial charge in [-0.25, -0.2) is 0 Å². The SMILES string of the molecule is O=C(NCC1CC1)c1cc(C(F)(F)F)ccc1Br. The highest BCUT2D eigenvalue weighted by Crippen LogP contribution is 2.32. The predicted octanol–water partition coefficient (Wildman–Crippen LogP) is 3.61. The van der Waals surface area contributed by atoms with Crippen LogP contribution in [0.3, 0.4) is 0 Å². The minimum atomic E-state index is -4.44. The van der Waals surface area contributed by atoms with Gasteiger partial charge in [-0.1, -0.05) is 0 Å². The summed E-state index contributed by atoms with van der Waals surface area (Å²) in [7, 11) is 0. The van der Waals surface area contributed by atoms with E-state index in [-0.39, 0.29) is 5.56 Å². The van der Waals surface area contributed by atoms with Gasteiger partial charge in [0, 0.05) is 11.0 Å². The zero-order chi connectivity index (χ0) is 13.3. The Hall–Kier alpha value is -1.04. The number of benzene rings is 1. The summed E-state index contributed by atoms with van der Waals surface area (Å²) < 4.78 is 38.0. The number of amides is 1. The summed E-state index contributed by atoms with van der Waals surface area (Å²) in [6.07, 6.45) is -2.29. The Morgan fingerprint density at radius 2 is 2.06 bits per heavy atom. The van der Waals surface area contributed by atoms with Crippen molar-refractivity contribution in [2.24, 2.45) is 5.92 Å². The van der Waals surface area contributed by atoms with Crippen LogP contribution in [0.4, 0.5) is 13.2 Å². The van der Waals surface area contributed by atoms with Gasteiger partial charge in [0.1, 0.15) is 0 Å². The van der Waals surface area contributed by atoms with Crippen molar-refractivity contribution in [1.29, 1.82) is 0 Å². The largest absolute Gasteiger partial charge is 0.416 e. The van der Waals surface area contributed by atoms with Crippen molar-refractivity contribution in [3.05, 3.63) is 33.8 Å². The molecule has 6 heteroatoms. The van der Waals surface area contributed by atoms with Gasteiger partial charge < -0.3 is 5.32 Å². The smallest absolute Gasteiger partial charge is 0.352 e. The second-order valence-corrected chi connectivity index (χ2v) is 5.20. The van der Waals surface area contributed by atoms with Gasteiger partial charge in [-0.05, 0) is 52.9 Å². The summed E-state index contributed by atoms with van der Waals surface area (Å²) in [6.45, 7) is 0.529. The first-order chi connectivity index (χ1) is 8.38. The molecule has 0 spiro atoms. The monoisotopic (exact) mass is 321 g/mol. The van der Waals surface area contributed by atoms with E-state index in [4.69, 9.17) is 0 Å². The third-order valence-corrected chi connectivity index (χ3v) is 3.48. The first-order valence-electron chi connectivity index (χ1n) is 5.53. The number of halogens is 4. The predicted molar refractivity (Wildman–Crippen MR) is 64.2 cm³/mol. The van der Waals surface area contributed by atoms with Crippen LogP contribution in [-0.2, 0) is 6.18 Å². The molecule has 1 fully saturated rings. The zero-order valence-corrected chi connectivity index (χ0v) is 10.9. The summed E-state index contributed by atoms with van der Waals surface area (Å²) in [4.78, 5) is 11.8. The standard InChI is InChI=1S/C12H11BrF3NO/c13-10-4-3-8(12(14,15)16)5-9(10)11(18)17-6-7-1-2-7/h3-5,7H,1-2,6H2,(H,17,18). The lowest BCUT2D eigenvalue weighted by Gasteiger charge is -2.10. The maximum absolute atomic E-state index is 12.5. The van der Waals surface area contributed by atoms with Gasteiger partial charge in [-0.15, -0.1) is 0 Å².